The van der Waals surface area contributed by atoms with E-state index in [1.165, 1.54) is 94.1 Å². The molecule has 0 atom stereocenters. The standard InChI is InChI=1S/C31H46N2O2/c1-4-5-21-32(3)22-13-11-9-7-6-8-10-12-14-23-33-30-20-19-28(35)24-29(30)25(2)31(33)26-15-17-27(34)18-16-26/h15-20,24,34-35H,4-14,21-23H2,1-3H3. The molecule has 0 saturated heterocycles. The number of hydrogen-bond acceptors (Lipinski definition) is 3. The molecule has 1 aromatic heterocycles. The van der Waals surface area contributed by atoms with E-state index >= 15 is 0 Å². The normalized spacial score (nSPS) is 11.7. The zero-order valence-electron chi connectivity index (χ0n) is 22.2. The minimum Gasteiger partial charge on any atom is -0.508 e. The van der Waals surface area contributed by atoms with Gasteiger partial charge in [0.15, 0.2) is 0 Å². The van der Waals surface area contributed by atoms with Crippen LogP contribution in [0, 0.1) is 6.92 Å². The summed E-state index contributed by atoms with van der Waals surface area (Å²) < 4.78 is 2.40. The number of unbranched alkanes of at least 4 members (excludes halogenated alkanes) is 9. The maximum atomic E-state index is 10.0. The van der Waals surface area contributed by atoms with Crippen LogP contribution in [0.2, 0.25) is 0 Å². The molecule has 0 aliphatic heterocycles. The van der Waals surface area contributed by atoms with Gasteiger partial charge in [-0.1, -0.05) is 58.3 Å². The predicted molar refractivity (Wildman–Crippen MR) is 149 cm³/mol. The highest BCUT2D eigenvalue weighted by Gasteiger charge is 2.16. The van der Waals surface area contributed by atoms with Crippen molar-refractivity contribution in [1.82, 2.24) is 9.47 Å². The number of phenols is 2. The molecule has 0 unspecified atom stereocenters. The van der Waals surface area contributed by atoms with Crippen molar-refractivity contribution >= 4 is 10.9 Å². The van der Waals surface area contributed by atoms with Gasteiger partial charge in [0.1, 0.15) is 11.5 Å². The molecule has 35 heavy (non-hydrogen) atoms. The smallest absolute Gasteiger partial charge is 0.116 e. The molecule has 4 nitrogen and oxygen atoms in total. The Labute approximate surface area is 212 Å². The number of fused-ring (bicyclic) bond motifs is 1. The van der Waals surface area contributed by atoms with Gasteiger partial charge >= 0.3 is 0 Å². The molecule has 0 spiro atoms. The molecule has 4 heteroatoms. The van der Waals surface area contributed by atoms with Gasteiger partial charge in [0.25, 0.3) is 0 Å². The van der Waals surface area contributed by atoms with Gasteiger partial charge in [0.2, 0.25) is 0 Å². The van der Waals surface area contributed by atoms with E-state index in [1.54, 1.807) is 18.2 Å². The van der Waals surface area contributed by atoms with Crippen LogP contribution in [0.4, 0.5) is 0 Å². The molecule has 3 aromatic rings. The fourth-order valence-corrected chi connectivity index (χ4v) is 5.16. The third-order valence-corrected chi connectivity index (χ3v) is 7.26. The molecule has 0 bridgehead atoms. The van der Waals surface area contributed by atoms with Gasteiger partial charge in [0, 0.05) is 17.4 Å². The molecule has 0 fully saturated rings. The molecule has 192 valence electrons. The Balaban J connectivity index is 1.43. The van der Waals surface area contributed by atoms with E-state index in [2.05, 4.69) is 30.4 Å². The van der Waals surface area contributed by atoms with Crippen molar-refractivity contribution in [2.75, 3.05) is 20.1 Å². The Morgan fingerprint density at radius 1 is 0.714 bits per heavy atom. The summed E-state index contributed by atoms with van der Waals surface area (Å²) in [6, 6.07) is 13.1. The molecule has 0 aliphatic rings. The maximum absolute atomic E-state index is 10.0. The third kappa shape index (κ3) is 8.03. The summed E-state index contributed by atoms with van der Waals surface area (Å²) in [5, 5.41) is 20.9. The Kier molecular flexibility index (Phi) is 11.0. The number of aromatic hydroxyl groups is 2. The van der Waals surface area contributed by atoms with Gasteiger partial charge in [0.05, 0.1) is 5.69 Å². The lowest BCUT2D eigenvalue weighted by molar-refractivity contribution is 0.318. The van der Waals surface area contributed by atoms with Gasteiger partial charge in [-0.2, -0.15) is 0 Å². The topological polar surface area (TPSA) is 48.6 Å². The molecule has 2 aromatic carbocycles. The zero-order chi connectivity index (χ0) is 25.0. The molecular formula is C31H46N2O2. The van der Waals surface area contributed by atoms with Crippen LogP contribution in [0.5, 0.6) is 11.5 Å². The summed E-state index contributed by atoms with van der Waals surface area (Å²) in [6.45, 7) is 7.85. The molecule has 1 heterocycles. The number of aryl methyl sites for hydroxylation is 2. The molecule has 0 aliphatic carbocycles. The highest BCUT2D eigenvalue weighted by Crippen LogP contribution is 2.36. The summed E-state index contributed by atoms with van der Waals surface area (Å²) in [4.78, 5) is 2.48. The Morgan fingerprint density at radius 2 is 1.29 bits per heavy atom. The molecule has 2 N–H and O–H groups in total. The second-order valence-electron chi connectivity index (χ2n) is 10.2. The van der Waals surface area contributed by atoms with Gasteiger partial charge < -0.3 is 19.7 Å². The molecule has 0 amide bonds. The second-order valence-corrected chi connectivity index (χ2v) is 10.2. The quantitative estimate of drug-likeness (QED) is 0.204. The first-order valence-corrected chi connectivity index (χ1v) is 13.8. The van der Waals surface area contributed by atoms with E-state index in [-0.39, 0.29) is 5.75 Å². The number of hydrogen-bond donors (Lipinski definition) is 2. The van der Waals surface area contributed by atoms with Gasteiger partial charge in [-0.15, -0.1) is 0 Å². The first-order valence-electron chi connectivity index (χ1n) is 13.8. The molecule has 0 saturated carbocycles. The number of phenolic OH excluding ortho intramolecular Hbond substituents is 2. The lowest BCUT2D eigenvalue weighted by atomic mass is 10.1. The Hall–Kier alpha value is -2.46. The van der Waals surface area contributed by atoms with Gasteiger partial charge in [-0.3, -0.25) is 0 Å². The average Bonchev–Trinajstić information content (AvgIpc) is 3.12. The van der Waals surface area contributed by atoms with Crippen LogP contribution in [0.1, 0.15) is 83.1 Å². The first kappa shape index (κ1) is 27.1. The monoisotopic (exact) mass is 478 g/mol. The van der Waals surface area contributed by atoms with Crippen LogP contribution < -0.4 is 0 Å². The maximum Gasteiger partial charge on any atom is 0.116 e. The number of rotatable bonds is 16. The van der Waals surface area contributed by atoms with Crippen molar-refractivity contribution in [2.24, 2.45) is 0 Å². The summed E-state index contributed by atoms with van der Waals surface area (Å²) in [6.07, 6.45) is 14.4. The highest BCUT2D eigenvalue weighted by molar-refractivity contribution is 5.92. The van der Waals surface area contributed by atoms with Gasteiger partial charge in [-0.05, 0) is 99.9 Å². The van der Waals surface area contributed by atoms with E-state index in [1.807, 2.05) is 24.3 Å². The Bertz CT molecular complexity index is 1020. The van der Waals surface area contributed by atoms with E-state index < -0.39 is 0 Å². The van der Waals surface area contributed by atoms with E-state index in [4.69, 9.17) is 0 Å². The van der Waals surface area contributed by atoms with Crippen molar-refractivity contribution in [1.29, 1.82) is 0 Å². The van der Waals surface area contributed by atoms with E-state index in [9.17, 15) is 10.2 Å². The number of nitrogens with zero attached hydrogens (tertiary/aromatic N) is 2. The van der Waals surface area contributed by atoms with Crippen molar-refractivity contribution < 1.29 is 10.2 Å². The predicted octanol–water partition coefficient (Wildman–Crippen LogP) is 8.27. The van der Waals surface area contributed by atoms with Crippen LogP contribution in [0.25, 0.3) is 22.2 Å². The summed E-state index contributed by atoms with van der Waals surface area (Å²) in [7, 11) is 2.25. The average molecular weight is 479 g/mol. The van der Waals surface area contributed by atoms with Gasteiger partial charge in [-0.25, -0.2) is 0 Å². The molecule has 3 rings (SSSR count). The molecular weight excluding hydrogens is 432 g/mol. The summed E-state index contributed by atoms with van der Waals surface area (Å²) in [5.74, 6) is 0.588. The van der Waals surface area contributed by atoms with Crippen molar-refractivity contribution in [3.63, 3.8) is 0 Å². The minimum atomic E-state index is 0.283. The summed E-state index contributed by atoms with van der Waals surface area (Å²) in [5.41, 5.74) is 4.64. The fraction of sp³-hybridized carbons (Fsp3) is 0.548. The van der Waals surface area contributed by atoms with Crippen molar-refractivity contribution in [2.45, 2.75) is 91.0 Å². The van der Waals surface area contributed by atoms with Crippen LogP contribution in [0.3, 0.4) is 0 Å². The lowest BCUT2D eigenvalue weighted by Crippen LogP contribution is -2.20. The van der Waals surface area contributed by atoms with Crippen LogP contribution in [-0.4, -0.2) is 39.8 Å². The minimum absolute atomic E-state index is 0.283. The molecule has 0 radical (unpaired) electrons. The SMILES string of the molecule is CCCCN(C)CCCCCCCCCCCn1c(-c2ccc(O)cc2)c(C)c2cc(O)ccc21. The van der Waals surface area contributed by atoms with Crippen LogP contribution in [-0.2, 0) is 6.54 Å². The van der Waals surface area contributed by atoms with Crippen LogP contribution in [0.15, 0.2) is 42.5 Å². The van der Waals surface area contributed by atoms with Crippen molar-refractivity contribution in [3.8, 4) is 22.8 Å². The summed E-state index contributed by atoms with van der Waals surface area (Å²) >= 11 is 0. The fourth-order valence-electron chi connectivity index (χ4n) is 5.16. The van der Waals surface area contributed by atoms with Crippen LogP contribution >= 0.6 is 0 Å². The first-order chi connectivity index (χ1) is 17.0. The number of benzene rings is 2. The zero-order valence-corrected chi connectivity index (χ0v) is 22.2. The highest BCUT2D eigenvalue weighted by atomic mass is 16.3. The Morgan fingerprint density at radius 3 is 1.94 bits per heavy atom. The van der Waals surface area contributed by atoms with E-state index in [0.717, 1.165) is 23.9 Å². The number of aromatic nitrogens is 1. The van der Waals surface area contributed by atoms with E-state index in [0.29, 0.717) is 5.75 Å². The third-order valence-electron chi connectivity index (χ3n) is 7.26. The second kappa shape index (κ2) is 14.2. The van der Waals surface area contributed by atoms with Crippen molar-refractivity contribution in [3.05, 3.63) is 48.0 Å². The lowest BCUT2D eigenvalue weighted by Gasteiger charge is -2.15. The largest absolute Gasteiger partial charge is 0.508 e.